The summed E-state index contributed by atoms with van der Waals surface area (Å²) in [4.78, 5) is 26.4. The third-order valence-corrected chi connectivity index (χ3v) is 7.38. The number of morpholine rings is 1. The maximum absolute atomic E-state index is 12.6. The zero-order valence-electron chi connectivity index (χ0n) is 18.7. The van der Waals surface area contributed by atoms with Gasteiger partial charge in [-0.2, -0.15) is 0 Å². The number of amides is 1. The van der Waals surface area contributed by atoms with Crippen LogP contribution < -0.4 is 9.39 Å². The van der Waals surface area contributed by atoms with Crippen molar-refractivity contribution in [2.45, 2.75) is 37.3 Å². The lowest BCUT2D eigenvalue weighted by Crippen LogP contribution is -2.58. The number of carbonyl (C=O) groups is 2. The van der Waals surface area contributed by atoms with Gasteiger partial charge in [0.15, 0.2) is 0 Å². The standard InChI is InChI=1S/C22H29BN2O7/c1-12-18-15-4-5-16(19(22(27)28)21(15)32-23(29)20(12)18)31-14-9-24(10-14)17(26)8-13-11-25(2,3)6-7-30-13/h4-5,12-14,18,20,29H,6-11H2,1-3H3/p+1/t12-,13+,18?,20?/m0/s1. The van der Waals surface area contributed by atoms with Gasteiger partial charge in [-0.15, -0.1) is 0 Å². The quantitative estimate of drug-likeness (QED) is 0.511. The first-order valence-corrected chi connectivity index (χ1v) is 11.3. The Morgan fingerprint density at radius 1 is 1.31 bits per heavy atom. The minimum Gasteiger partial charge on any atom is -0.535 e. The molecule has 2 N–H and O–H groups in total. The van der Waals surface area contributed by atoms with Crippen LogP contribution >= 0.6 is 0 Å². The number of ether oxygens (including phenoxy) is 2. The number of likely N-dealkylation sites (tertiary alicyclic amines) is 1. The summed E-state index contributed by atoms with van der Waals surface area (Å²) in [7, 11) is 3.27. The molecule has 9 nitrogen and oxygen atoms in total. The summed E-state index contributed by atoms with van der Waals surface area (Å²) in [6.45, 7) is 5.25. The number of benzene rings is 1. The second kappa shape index (κ2) is 7.64. The lowest BCUT2D eigenvalue weighted by molar-refractivity contribution is -0.901. The molecule has 3 heterocycles. The van der Waals surface area contributed by atoms with E-state index in [2.05, 4.69) is 14.1 Å². The van der Waals surface area contributed by atoms with Gasteiger partial charge >= 0.3 is 13.1 Å². The molecule has 0 spiro atoms. The van der Waals surface area contributed by atoms with Gasteiger partial charge in [-0.1, -0.05) is 13.0 Å². The van der Waals surface area contributed by atoms with Gasteiger partial charge in [-0.05, 0) is 23.5 Å². The summed E-state index contributed by atoms with van der Waals surface area (Å²) < 4.78 is 18.1. The number of aromatic carboxylic acids is 1. The Labute approximate surface area is 187 Å². The van der Waals surface area contributed by atoms with Gasteiger partial charge in [0.2, 0.25) is 5.91 Å². The van der Waals surface area contributed by atoms with Crippen molar-refractivity contribution in [1.29, 1.82) is 0 Å². The summed E-state index contributed by atoms with van der Waals surface area (Å²) in [6, 6.07) is 3.51. The van der Waals surface area contributed by atoms with E-state index in [1.807, 2.05) is 13.0 Å². The Morgan fingerprint density at radius 2 is 2.06 bits per heavy atom. The molecular formula is C22H30BN2O7+. The summed E-state index contributed by atoms with van der Waals surface area (Å²) in [6.07, 6.45) is -0.0153. The van der Waals surface area contributed by atoms with Crippen LogP contribution in [-0.4, -0.2) is 97.6 Å². The monoisotopic (exact) mass is 445 g/mol. The van der Waals surface area contributed by atoms with Crippen molar-refractivity contribution in [3.8, 4) is 11.5 Å². The molecule has 5 rings (SSSR count). The van der Waals surface area contributed by atoms with E-state index < -0.39 is 13.1 Å². The number of carboxylic acids is 1. The van der Waals surface area contributed by atoms with E-state index in [4.69, 9.17) is 14.1 Å². The summed E-state index contributed by atoms with van der Waals surface area (Å²) in [5.41, 5.74) is 0.760. The molecule has 1 aromatic carbocycles. The molecule has 2 unspecified atom stereocenters. The largest absolute Gasteiger partial charge is 0.535 e. The molecule has 3 fully saturated rings. The van der Waals surface area contributed by atoms with E-state index in [-0.39, 0.29) is 52.8 Å². The third kappa shape index (κ3) is 3.74. The lowest BCUT2D eigenvalue weighted by Gasteiger charge is -2.41. The molecule has 0 radical (unpaired) electrons. The molecule has 172 valence electrons. The van der Waals surface area contributed by atoms with Crippen LogP contribution in [0.2, 0.25) is 5.82 Å². The van der Waals surface area contributed by atoms with Crippen LogP contribution in [-0.2, 0) is 9.53 Å². The zero-order valence-corrected chi connectivity index (χ0v) is 18.7. The molecule has 2 saturated heterocycles. The number of carboxylic acid groups (broad SMARTS) is 1. The molecular weight excluding hydrogens is 415 g/mol. The Kier molecular flexibility index (Phi) is 5.14. The molecule has 1 aliphatic carbocycles. The average molecular weight is 445 g/mol. The first-order valence-electron chi connectivity index (χ1n) is 11.3. The van der Waals surface area contributed by atoms with Gasteiger partial charge in [0.05, 0.1) is 40.2 Å². The van der Waals surface area contributed by atoms with Crippen molar-refractivity contribution < 1.29 is 38.3 Å². The maximum atomic E-state index is 12.6. The number of quaternary nitrogens is 1. The van der Waals surface area contributed by atoms with Crippen molar-refractivity contribution in [3.05, 3.63) is 23.3 Å². The van der Waals surface area contributed by atoms with E-state index in [0.717, 1.165) is 23.1 Å². The topological polar surface area (TPSA) is 106 Å². The molecule has 0 aromatic heterocycles. The van der Waals surface area contributed by atoms with Crippen molar-refractivity contribution in [1.82, 2.24) is 4.90 Å². The molecule has 10 heteroatoms. The zero-order chi connectivity index (χ0) is 22.8. The fourth-order valence-corrected chi connectivity index (χ4v) is 5.40. The number of likely N-dealkylation sites (N-methyl/N-ethyl adjacent to an activating group) is 1. The van der Waals surface area contributed by atoms with Crippen molar-refractivity contribution >= 4 is 19.0 Å². The van der Waals surface area contributed by atoms with Gasteiger partial charge in [0.1, 0.15) is 42.4 Å². The smallest absolute Gasteiger partial charge is 0.526 e. The minimum absolute atomic E-state index is 0.0136. The Bertz CT molecular complexity index is 948. The van der Waals surface area contributed by atoms with Crippen molar-refractivity contribution in [2.75, 3.05) is 46.9 Å². The summed E-state index contributed by atoms with van der Waals surface area (Å²) in [5, 5.41) is 20.0. The highest BCUT2D eigenvalue weighted by Gasteiger charge is 2.60. The van der Waals surface area contributed by atoms with Gasteiger partial charge in [-0.3, -0.25) is 4.79 Å². The second-order valence-corrected chi connectivity index (χ2v) is 10.2. The van der Waals surface area contributed by atoms with Crippen LogP contribution in [0, 0.1) is 5.92 Å². The third-order valence-electron chi connectivity index (χ3n) is 7.38. The van der Waals surface area contributed by atoms with Crippen molar-refractivity contribution in [2.24, 2.45) is 5.92 Å². The number of fused-ring (bicyclic) bond motifs is 3. The number of rotatable bonds is 5. The fourth-order valence-electron chi connectivity index (χ4n) is 5.40. The number of hydrogen-bond donors (Lipinski definition) is 2. The molecule has 4 aliphatic rings. The summed E-state index contributed by atoms with van der Waals surface area (Å²) in [5.74, 6) is -0.331. The molecule has 1 amide bonds. The van der Waals surface area contributed by atoms with E-state index in [1.165, 1.54) is 0 Å². The Morgan fingerprint density at radius 3 is 2.75 bits per heavy atom. The molecule has 3 aliphatic heterocycles. The van der Waals surface area contributed by atoms with E-state index in [0.29, 0.717) is 26.1 Å². The van der Waals surface area contributed by atoms with Gasteiger partial charge < -0.3 is 33.6 Å². The predicted molar refractivity (Wildman–Crippen MR) is 115 cm³/mol. The first-order chi connectivity index (χ1) is 15.1. The second-order valence-electron chi connectivity index (χ2n) is 10.2. The van der Waals surface area contributed by atoms with E-state index in [9.17, 15) is 19.7 Å². The van der Waals surface area contributed by atoms with Crippen LogP contribution in [0.5, 0.6) is 11.5 Å². The van der Waals surface area contributed by atoms with Gasteiger partial charge in [-0.25, -0.2) is 4.79 Å². The van der Waals surface area contributed by atoms with Crippen LogP contribution in [0.3, 0.4) is 0 Å². The van der Waals surface area contributed by atoms with Gasteiger partial charge in [0, 0.05) is 5.82 Å². The van der Waals surface area contributed by atoms with Crippen LogP contribution in [0.1, 0.15) is 35.2 Å². The SMILES string of the molecule is C[C@@H]1C2B(O)Oc3c(ccc(OC4CN(C(=O)C[C@@H]5C[N+](C)(C)CCO5)C4)c3C(=O)O)C21. The molecule has 1 aromatic rings. The molecule has 32 heavy (non-hydrogen) atoms. The molecule has 1 saturated carbocycles. The normalized spacial score (nSPS) is 30.5. The van der Waals surface area contributed by atoms with Crippen LogP contribution in [0.25, 0.3) is 0 Å². The van der Waals surface area contributed by atoms with Crippen LogP contribution in [0.4, 0.5) is 0 Å². The summed E-state index contributed by atoms with van der Waals surface area (Å²) >= 11 is 0. The Hall–Kier alpha value is -2.30. The minimum atomic E-state index is -1.15. The van der Waals surface area contributed by atoms with E-state index in [1.54, 1.807) is 11.0 Å². The number of hydrogen-bond acceptors (Lipinski definition) is 6. The predicted octanol–water partition coefficient (Wildman–Crippen LogP) is 0.816. The Balaban J connectivity index is 1.22. The number of nitrogens with zero attached hydrogens (tertiary/aromatic N) is 2. The fraction of sp³-hybridized carbons (Fsp3) is 0.636. The highest BCUT2D eigenvalue weighted by Crippen LogP contribution is 2.65. The first kappa shape index (κ1) is 21.5. The highest BCUT2D eigenvalue weighted by atomic mass is 16.5. The molecule has 0 bridgehead atoms. The van der Waals surface area contributed by atoms with Crippen LogP contribution in [0.15, 0.2) is 12.1 Å². The number of carbonyl (C=O) groups excluding carboxylic acids is 1. The average Bonchev–Trinajstić information content (AvgIpc) is 3.34. The van der Waals surface area contributed by atoms with Crippen molar-refractivity contribution in [3.63, 3.8) is 0 Å². The van der Waals surface area contributed by atoms with Gasteiger partial charge in [0.25, 0.3) is 0 Å². The molecule has 4 atom stereocenters. The lowest BCUT2D eigenvalue weighted by atomic mass is 9.76. The maximum Gasteiger partial charge on any atom is 0.526 e. The van der Waals surface area contributed by atoms with E-state index >= 15 is 0 Å². The highest BCUT2D eigenvalue weighted by molar-refractivity contribution is 6.48.